The van der Waals surface area contributed by atoms with E-state index < -0.39 is 0 Å². The van der Waals surface area contributed by atoms with Gasteiger partial charge in [-0.2, -0.15) is 0 Å². The topological polar surface area (TPSA) is 90.8 Å². The van der Waals surface area contributed by atoms with Crippen LogP contribution >= 0.6 is 0 Å². The molecule has 0 fully saturated rings. The highest BCUT2D eigenvalue weighted by Gasteiger charge is 2.20. The lowest BCUT2D eigenvalue weighted by molar-refractivity contribution is -0.131. The first-order chi connectivity index (χ1) is 13.7. The largest absolute Gasteiger partial charge is 0.486 e. The number of hydrogen-bond donors (Lipinski definition) is 0. The molecule has 2 aromatic heterocycles. The second-order valence-electron chi connectivity index (χ2n) is 6.45. The Morgan fingerprint density at radius 1 is 1.14 bits per heavy atom. The van der Waals surface area contributed by atoms with Crippen molar-refractivity contribution in [3.05, 3.63) is 48.0 Å². The fourth-order valence-electron chi connectivity index (χ4n) is 3.03. The van der Waals surface area contributed by atoms with E-state index in [-0.39, 0.29) is 18.9 Å². The highest BCUT2D eigenvalue weighted by molar-refractivity contribution is 5.79. The van der Waals surface area contributed by atoms with E-state index in [1.165, 1.54) is 0 Å². The summed E-state index contributed by atoms with van der Waals surface area (Å²) in [5.41, 5.74) is 0.872. The molecule has 4 rings (SSSR count). The van der Waals surface area contributed by atoms with Gasteiger partial charge < -0.3 is 23.2 Å². The zero-order chi connectivity index (χ0) is 19.3. The summed E-state index contributed by atoms with van der Waals surface area (Å²) in [5.74, 6) is 2.55. The molecule has 0 radical (unpaired) electrons. The van der Waals surface area contributed by atoms with Gasteiger partial charge in [0.05, 0.1) is 19.2 Å². The van der Waals surface area contributed by atoms with Gasteiger partial charge in [-0.15, -0.1) is 10.2 Å². The highest BCUT2D eigenvalue weighted by atomic mass is 16.6. The first-order valence-electron chi connectivity index (χ1n) is 9.25. The van der Waals surface area contributed by atoms with Gasteiger partial charge in [0.1, 0.15) is 13.2 Å². The van der Waals surface area contributed by atoms with Crippen LogP contribution < -0.4 is 9.47 Å². The van der Waals surface area contributed by atoms with E-state index in [1.54, 1.807) is 23.3 Å². The first kappa shape index (κ1) is 18.1. The number of carbonyl (C=O) groups excluding carboxylic acids is 1. The minimum absolute atomic E-state index is 0.0173. The molecule has 3 aromatic rings. The van der Waals surface area contributed by atoms with Crippen LogP contribution in [0.4, 0.5) is 0 Å². The van der Waals surface area contributed by atoms with Gasteiger partial charge in [0.15, 0.2) is 17.3 Å². The van der Waals surface area contributed by atoms with Crippen molar-refractivity contribution in [1.29, 1.82) is 0 Å². The molecule has 1 amide bonds. The van der Waals surface area contributed by atoms with Gasteiger partial charge in [-0.3, -0.25) is 4.79 Å². The average Bonchev–Trinajstić information content (AvgIpc) is 3.39. The molecule has 0 aliphatic carbocycles. The van der Waals surface area contributed by atoms with Crippen LogP contribution in [0.2, 0.25) is 0 Å². The maximum absolute atomic E-state index is 12.9. The van der Waals surface area contributed by atoms with Gasteiger partial charge >= 0.3 is 0 Å². The molecule has 8 heteroatoms. The van der Waals surface area contributed by atoms with Gasteiger partial charge in [0.2, 0.25) is 11.8 Å². The molecule has 0 bridgehead atoms. The summed E-state index contributed by atoms with van der Waals surface area (Å²) in [4.78, 5) is 14.6. The standard InChI is InChI=1S/C20H21N3O5/c1-2-7-23(13-18-21-22-20(28-18)16-4-3-8-25-16)19(24)12-14-5-6-15-17(11-14)27-10-9-26-15/h3-6,8,11H,2,7,9-10,12-13H2,1H3. The van der Waals surface area contributed by atoms with Crippen LogP contribution in [0.25, 0.3) is 11.7 Å². The summed E-state index contributed by atoms with van der Waals surface area (Å²) in [5, 5.41) is 8.02. The SMILES string of the molecule is CCCN(Cc1nnc(-c2ccco2)o1)C(=O)Cc1ccc2c(c1)OCCO2. The van der Waals surface area contributed by atoms with Crippen LogP contribution in [0, 0.1) is 0 Å². The van der Waals surface area contributed by atoms with Crippen molar-refractivity contribution in [1.82, 2.24) is 15.1 Å². The summed E-state index contributed by atoms with van der Waals surface area (Å²) in [6.45, 7) is 3.93. The molecule has 8 nitrogen and oxygen atoms in total. The van der Waals surface area contributed by atoms with E-state index in [4.69, 9.17) is 18.3 Å². The molecule has 0 N–H and O–H groups in total. The lowest BCUT2D eigenvalue weighted by Crippen LogP contribution is -2.32. The minimum atomic E-state index is -0.0173. The number of aromatic nitrogens is 2. The predicted octanol–water partition coefficient (Wildman–Crippen LogP) is 3.08. The van der Waals surface area contributed by atoms with Crippen LogP contribution in [-0.4, -0.2) is 40.8 Å². The van der Waals surface area contributed by atoms with Gasteiger partial charge in [-0.05, 0) is 36.2 Å². The lowest BCUT2D eigenvalue weighted by Gasteiger charge is -2.21. The van der Waals surface area contributed by atoms with Crippen molar-refractivity contribution in [3.63, 3.8) is 0 Å². The molecular weight excluding hydrogens is 362 g/mol. The molecule has 1 aromatic carbocycles. The number of carbonyl (C=O) groups is 1. The van der Waals surface area contributed by atoms with E-state index in [1.807, 2.05) is 25.1 Å². The Kier molecular flexibility index (Phi) is 5.27. The number of amides is 1. The molecule has 0 unspecified atom stereocenters. The molecule has 0 atom stereocenters. The third-order valence-corrected chi connectivity index (χ3v) is 4.33. The minimum Gasteiger partial charge on any atom is -0.486 e. The van der Waals surface area contributed by atoms with E-state index in [0.29, 0.717) is 48.8 Å². The average molecular weight is 383 g/mol. The van der Waals surface area contributed by atoms with Crippen LogP contribution in [0.1, 0.15) is 24.8 Å². The number of fused-ring (bicyclic) bond motifs is 1. The van der Waals surface area contributed by atoms with Gasteiger partial charge in [-0.25, -0.2) is 0 Å². The van der Waals surface area contributed by atoms with Crippen LogP contribution in [-0.2, 0) is 17.8 Å². The quantitative estimate of drug-likeness (QED) is 0.619. The molecule has 0 saturated heterocycles. The van der Waals surface area contributed by atoms with E-state index in [2.05, 4.69) is 10.2 Å². The summed E-state index contributed by atoms with van der Waals surface area (Å²) in [6.07, 6.45) is 2.63. The fraction of sp³-hybridized carbons (Fsp3) is 0.350. The Balaban J connectivity index is 1.44. The zero-order valence-corrected chi connectivity index (χ0v) is 15.6. The van der Waals surface area contributed by atoms with Gasteiger partial charge in [-0.1, -0.05) is 13.0 Å². The van der Waals surface area contributed by atoms with Crippen molar-refractivity contribution in [2.75, 3.05) is 19.8 Å². The molecule has 0 spiro atoms. The van der Waals surface area contributed by atoms with Gasteiger partial charge in [0.25, 0.3) is 5.89 Å². The van der Waals surface area contributed by atoms with Crippen LogP contribution in [0.5, 0.6) is 11.5 Å². The Morgan fingerprint density at radius 2 is 2.00 bits per heavy atom. The molecule has 28 heavy (non-hydrogen) atoms. The second kappa shape index (κ2) is 8.16. The van der Waals surface area contributed by atoms with Crippen molar-refractivity contribution >= 4 is 5.91 Å². The normalized spacial score (nSPS) is 12.8. The Morgan fingerprint density at radius 3 is 2.79 bits per heavy atom. The summed E-state index contributed by atoms with van der Waals surface area (Å²) < 4.78 is 22.0. The highest BCUT2D eigenvalue weighted by Crippen LogP contribution is 2.31. The molecule has 0 saturated carbocycles. The first-order valence-corrected chi connectivity index (χ1v) is 9.25. The monoisotopic (exact) mass is 383 g/mol. The Hall–Kier alpha value is -3.29. The van der Waals surface area contributed by atoms with E-state index in [0.717, 1.165) is 12.0 Å². The number of furan rings is 1. The fourth-order valence-corrected chi connectivity index (χ4v) is 3.03. The van der Waals surface area contributed by atoms with Crippen molar-refractivity contribution in [3.8, 4) is 23.1 Å². The number of hydrogen-bond acceptors (Lipinski definition) is 7. The Labute approximate surface area is 162 Å². The number of rotatable bonds is 7. The van der Waals surface area contributed by atoms with Crippen LogP contribution in [0.3, 0.4) is 0 Å². The maximum Gasteiger partial charge on any atom is 0.283 e. The predicted molar refractivity (Wildman–Crippen MR) is 98.8 cm³/mol. The molecule has 3 heterocycles. The zero-order valence-electron chi connectivity index (χ0n) is 15.6. The molecule has 146 valence electrons. The van der Waals surface area contributed by atoms with E-state index >= 15 is 0 Å². The molecular formula is C20H21N3O5. The second-order valence-corrected chi connectivity index (χ2v) is 6.45. The molecule has 1 aliphatic heterocycles. The Bertz CT molecular complexity index is 935. The number of ether oxygens (including phenoxy) is 2. The lowest BCUT2D eigenvalue weighted by atomic mass is 10.1. The number of nitrogens with zero attached hydrogens (tertiary/aromatic N) is 3. The number of benzene rings is 1. The maximum atomic E-state index is 12.9. The van der Waals surface area contributed by atoms with Crippen molar-refractivity contribution in [2.45, 2.75) is 26.3 Å². The van der Waals surface area contributed by atoms with E-state index in [9.17, 15) is 4.79 Å². The smallest absolute Gasteiger partial charge is 0.283 e. The van der Waals surface area contributed by atoms with Crippen molar-refractivity contribution in [2.24, 2.45) is 0 Å². The summed E-state index contributed by atoms with van der Waals surface area (Å²) in [6, 6.07) is 9.08. The van der Waals surface area contributed by atoms with Gasteiger partial charge in [0, 0.05) is 6.54 Å². The summed E-state index contributed by atoms with van der Waals surface area (Å²) in [7, 11) is 0. The van der Waals surface area contributed by atoms with Crippen LogP contribution in [0.15, 0.2) is 45.4 Å². The molecule has 1 aliphatic rings. The van der Waals surface area contributed by atoms with Crippen molar-refractivity contribution < 1.29 is 23.1 Å². The third kappa shape index (κ3) is 4.00. The summed E-state index contributed by atoms with van der Waals surface area (Å²) >= 11 is 0. The third-order valence-electron chi connectivity index (χ3n) is 4.33.